The Morgan fingerprint density at radius 3 is 2.17 bits per heavy atom. The Morgan fingerprint density at radius 1 is 1.50 bits per heavy atom. The number of nitrogens with two attached hydrogens (primary N) is 1. The zero-order valence-corrected chi connectivity index (χ0v) is 8.69. The first-order valence-electron chi connectivity index (χ1n) is 3.65. The second-order valence-corrected chi connectivity index (χ2v) is 3.28. The van der Waals surface area contributed by atoms with Gasteiger partial charge in [0.25, 0.3) is 0 Å². The highest BCUT2D eigenvalue weighted by molar-refractivity contribution is 5.86. The second-order valence-electron chi connectivity index (χ2n) is 3.28. The van der Waals surface area contributed by atoms with Gasteiger partial charge in [0.1, 0.15) is 0 Å². The Hall–Kier alpha value is -0.380. The Bertz CT molecular complexity index is 178. The van der Waals surface area contributed by atoms with E-state index >= 15 is 0 Å². The summed E-state index contributed by atoms with van der Waals surface area (Å²) in [5.41, 5.74) is 5.94. The maximum atomic E-state index is 11.4. The van der Waals surface area contributed by atoms with Crippen molar-refractivity contribution in [2.24, 2.45) is 5.73 Å². The fourth-order valence-electron chi connectivity index (χ4n) is 0.941. The molecule has 0 saturated heterocycles. The third-order valence-corrected chi connectivity index (χ3v) is 1.60. The van der Waals surface area contributed by atoms with Crippen molar-refractivity contribution in [1.29, 1.82) is 0 Å². The Kier molecular flexibility index (Phi) is 6.25. The minimum Gasteiger partial charge on any atom is -1.00 e. The predicted octanol–water partition coefficient (Wildman–Crippen LogP) is -2.87. The lowest BCUT2D eigenvalue weighted by molar-refractivity contribution is -0.810. The van der Waals surface area contributed by atoms with Crippen molar-refractivity contribution >= 4 is 5.91 Å². The minimum atomic E-state index is 0. The maximum Gasteiger partial charge on any atom is 0.340 e. The van der Waals surface area contributed by atoms with Crippen LogP contribution >= 0.6 is 0 Å². The average Bonchev–Trinajstić information content (AvgIpc) is 1.86. The lowest BCUT2D eigenvalue weighted by atomic mass is 10.2. The first-order chi connectivity index (χ1) is 4.91. The van der Waals surface area contributed by atoms with E-state index in [2.05, 4.69) is 6.58 Å². The third-order valence-electron chi connectivity index (χ3n) is 1.60. The third kappa shape index (κ3) is 3.85. The van der Waals surface area contributed by atoms with Crippen LogP contribution in [0, 0.1) is 0 Å². The van der Waals surface area contributed by atoms with Gasteiger partial charge in [-0.15, -0.1) is 0 Å². The van der Waals surface area contributed by atoms with Gasteiger partial charge in [-0.05, 0) is 6.92 Å². The Labute approximate surface area is 80.2 Å². The van der Waals surface area contributed by atoms with Gasteiger partial charge in [0.2, 0.25) is 0 Å². The molecule has 0 aromatic heterocycles. The molecule has 0 radical (unpaired) electrons. The molecule has 4 heteroatoms. The molecule has 0 fully saturated rings. The van der Waals surface area contributed by atoms with Gasteiger partial charge in [0.15, 0.2) is 0 Å². The van der Waals surface area contributed by atoms with E-state index in [1.54, 1.807) is 6.92 Å². The summed E-state index contributed by atoms with van der Waals surface area (Å²) < 4.78 is 0.297. The maximum absolute atomic E-state index is 11.4. The average molecular weight is 193 g/mol. The molecule has 12 heavy (non-hydrogen) atoms. The fraction of sp³-hybridized carbons (Fsp3) is 0.625. The molecule has 0 aromatic rings. The molecule has 0 aliphatic heterocycles. The molecule has 0 aliphatic carbocycles. The van der Waals surface area contributed by atoms with E-state index in [0.29, 0.717) is 23.1 Å². The minimum absolute atomic E-state index is 0. The van der Waals surface area contributed by atoms with Gasteiger partial charge >= 0.3 is 5.91 Å². The van der Waals surface area contributed by atoms with Crippen LogP contribution in [0.4, 0.5) is 0 Å². The smallest absolute Gasteiger partial charge is 0.340 e. The summed E-state index contributed by atoms with van der Waals surface area (Å²) in [7, 11) is 3.67. The molecule has 0 bridgehead atoms. The van der Waals surface area contributed by atoms with Crippen LogP contribution in [-0.4, -0.2) is 37.6 Å². The van der Waals surface area contributed by atoms with E-state index in [9.17, 15) is 4.79 Å². The van der Waals surface area contributed by atoms with Crippen LogP contribution in [0.15, 0.2) is 12.2 Å². The van der Waals surface area contributed by atoms with Crippen molar-refractivity contribution in [2.75, 3.05) is 27.2 Å². The van der Waals surface area contributed by atoms with Crippen molar-refractivity contribution in [3.8, 4) is 0 Å². The van der Waals surface area contributed by atoms with Crippen LogP contribution in [0.3, 0.4) is 0 Å². The quantitative estimate of drug-likeness (QED) is 0.386. The van der Waals surface area contributed by atoms with Gasteiger partial charge < -0.3 is 18.1 Å². The Morgan fingerprint density at radius 2 is 1.92 bits per heavy atom. The summed E-state index contributed by atoms with van der Waals surface area (Å²) in [6, 6.07) is 0. The highest BCUT2D eigenvalue weighted by atomic mass is 35.5. The molecule has 0 heterocycles. The number of halogens is 1. The van der Waals surface area contributed by atoms with E-state index < -0.39 is 0 Å². The van der Waals surface area contributed by atoms with Crippen molar-refractivity contribution in [3.63, 3.8) is 0 Å². The molecular weight excluding hydrogens is 176 g/mol. The van der Waals surface area contributed by atoms with E-state index in [1.807, 2.05) is 14.1 Å². The molecular formula is C8H17ClN2O. The van der Waals surface area contributed by atoms with Crippen LogP contribution in [0.25, 0.3) is 0 Å². The van der Waals surface area contributed by atoms with Gasteiger partial charge in [-0.1, -0.05) is 6.58 Å². The van der Waals surface area contributed by atoms with Gasteiger partial charge in [-0.3, -0.25) is 4.48 Å². The number of nitrogens with zero attached hydrogens (tertiary/aromatic N) is 1. The lowest BCUT2D eigenvalue weighted by Crippen LogP contribution is -3.00. The summed E-state index contributed by atoms with van der Waals surface area (Å²) in [6.45, 7) is 6.50. The number of hydrogen-bond acceptors (Lipinski definition) is 2. The molecule has 72 valence electrons. The number of amides is 1. The van der Waals surface area contributed by atoms with Crippen LogP contribution in [0.2, 0.25) is 0 Å². The van der Waals surface area contributed by atoms with Gasteiger partial charge in [-0.25, -0.2) is 4.79 Å². The van der Waals surface area contributed by atoms with Crippen LogP contribution < -0.4 is 18.1 Å². The predicted molar refractivity (Wildman–Crippen MR) is 45.9 cm³/mol. The van der Waals surface area contributed by atoms with Crippen molar-refractivity contribution in [3.05, 3.63) is 12.2 Å². The molecule has 0 spiro atoms. The molecule has 0 saturated carbocycles. The normalized spacial score (nSPS) is 10.3. The van der Waals surface area contributed by atoms with Gasteiger partial charge in [-0.2, -0.15) is 0 Å². The topological polar surface area (TPSA) is 43.1 Å². The molecule has 1 amide bonds. The summed E-state index contributed by atoms with van der Waals surface area (Å²) >= 11 is 0. The number of rotatable bonds is 3. The Balaban J connectivity index is 0. The van der Waals surface area contributed by atoms with Crippen molar-refractivity contribution < 1.29 is 21.7 Å². The molecule has 0 rings (SSSR count). The van der Waals surface area contributed by atoms with E-state index in [1.165, 1.54) is 0 Å². The number of carbonyl (C=O) groups excluding carboxylic acids is 1. The van der Waals surface area contributed by atoms with Crippen molar-refractivity contribution in [2.45, 2.75) is 6.92 Å². The molecule has 0 aliphatic rings. The first-order valence-corrected chi connectivity index (χ1v) is 3.65. The highest BCUT2D eigenvalue weighted by Gasteiger charge is 2.25. The van der Waals surface area contributed by atoms with E-state index in [-0.39, 0.29) is 18.3 Å². The fourth-order valence-corrected chi connectivity index (χ4v) is 0.941. The summed E-state index contributed by atoms with van der Waals surface area (Å²) in [6.07, 6.45) is 0. The van der Waals surface area contributed by atoms with E-state index in [0.717, 1.165) is 0 Å². The highest BCUT2D eigenvalue weighted by Crippen LogP contribution is 2.03. The zero-order valence-electron chi connectivity index (χ0n) is 7.93. The first kappa shape index (κ1) is 14.2. The standard InChI is InChI=1S/C8H17N2O.ClH/c1-7(2)8(11)10(3,4)6-5-9;/h1,5-6,9H2,2-4H3;1H/q+1;/p-1. The van der Waals surface area contributed by atoms with Crippen LogP contribution in [0.1, 0.15) is 6.92 Å². The summed E-state index contributed by atoms with van der Waals surface area (Å²) in [5, 5.41) is 0. The number of quaternary nitrogens is 1. The van der Waals surface area contributed by atoms with Crippen LogP contribution in [-0.2, 0) is 4.79 Å². The monoisotopic (exact) mass is 192 g/mol. The summed E-state index contributed by atoms with van der Waals surface area (Å²) in [5.74, 6) is 0.0513. The number of hydrogen-bond donors (Lipinski definition) is 1. The largest absolute Gasteiger partial charge is 1.00 e. The molecule has 2 N–H and O–H groups in total. The molecule has 0 atom stereocenters. The van der Waals surface area contributed by atoms with E-state index in [4.69, 9.17) is 5.73 Å². The van der Waals surface area contributed by atoms with Gasteiger partial charge in [0.05, 0.1) is 20.6 Å². The van der Waals surface area contributed by atoms with Gasteiger partial charge in [0, 0.05) is 12.1 Å². The number of likely N-dealkylation sites (N-methyl/N-ethyl adjacent to an activating group) is 1. The van der Waals surface area contributed by atoms with Crippen LogP contribution in [0.5, 0.6) is 0 Å². The molecule has 0 unspecified atom stereocenters. The molecule has 0 aromatic carbocycles. The number of carbonyl (C=O) groups is 1. The second kappa shape index (κ2) is 5.30. The summed E-state index contributed by atoms with van der Waals surface area (Å²) in [4.78, 5) is 11.4. The zero-order chi connectivity index (χ0) is 9.07. The lowest BCUT2D eigenvalue weighted by Gasteiger charge is -2.25. The SMILES string of the molecule is C=C(C)C(=O)[N+](C)(C)CCN.[Cl-]. The molecule has 3 nitrogen and oxygen atoms in total. The van der Waals surface area contributed by atoms with Crippen molar-refractivity contribution in [1.82, 2.24) is 0 Å².